The summed E-state index contributed by atoms with van der Waals surface area (Å²) in [5.74, 6) is -0.939. The largest absolute Gasteiger partial charge is 0.513 e. The highest BCUT2D eigenvalue weighted by atomic mass is 16.7. The first kappa shape index (κ1) is 14.1. The minimum atomic E-state index is -1.64. The second-order valence-electron chi connectivity index (χ2n) is 4.46. The second-order valence-corrected chi connectivity index (χ2v) is 4.46. The number of carboxylic acid groups (broad SMARTS) is 1. The second kappa shape index (κ2) is 5.75. The Hall–Kier alpha value is -2.34. The molecule has 0 amide bonds. The van der Waals surface area contributed by atoms with Gasteiger partial charge in [-0.05, 0) is 18.6 Å². The van der Waals surface area contributed by atoms with Gasteiger partial charge in [-0.3, -0.25) is 0 Å². The molecule has 20 heavy (non-hydrogen) atoms. The Balaban J connectivity index is 2.25. The standard InChI is InChI=1S/C14H16N2O4/c1-2-16-8-9(10-5-3-4-6-12(10)16)7-11(15)13(17)20-14(18)19/h3-6,8,11H,2,7,15H2,1H3,(H,18,19)/t11-/m0/s1. The first-order valence-electron chi connectivity index (χ1n) is 6.30. The lowest BCUT2D eigenvalue weighted by atomic mass is 10.1. The van der Waals surface area contributed by atoms with Crippen LogP contribution in [0, 0.1) is 0 Å². The van der Waals surface area contributed by atoms with Crippen molar-refractivity contribution < 1.29 is 19.4 Å². The Labute approximate surface area is 115 Å². The van der Waals surface area contributed by atoms with Crippen LogP contribution in [0.1, 0.15) is 12.5 Å². The van der Waals surface area contributed by atoms with Gasteiger partial charge in [-0.15, -0.1) is 0 Å². The molecule has 0 radical (unpaired) electrons. The van der Waals surface area contributed by atoms with E-state index in [1.54, 1.807) is 0 Å². The Bertz CT molecular complexity index is 648. The molecule has 2 rings (SSSR count). The van der Waals surface area contributed by atoms with Crippen molar-refractivity contribution in [1.82, 2.24) is 4.57 Å². The number of hydrogen-bond donors (Lipinski definition) is 2. The van der Waals surface area contributed by atoms with E-state index in [1.807, 2.05) is 37.4 Å². The van der Waals surface area contributed by atoms with Gasteiger partial charge in [-0.25, -0.2) is 9.59 Å². The molecule has 0 fully saturated rings. The zero-order chi connectivity index (χ0) is 14.7. The van der Waals surface area contributed by atoms with Crippen LogP contribution in [0.2, 0.25) is 0 Å². The molecule has 6 nitrogen and oxygen atoms in total. The fraction of sp³-hybridized carbons (Fsp3) is 0.286. The van der Waals surface area contributed by atoms with E-state index in [-0.39, 0.29) is 6.42 Å². The smallest absolute Gasteiger partial charge is 0.449 e. The summed E-state index contributed by atoms with van der Waals surface area (Å²) in [6.45, 7) is 2.82. The molecular formula is C14H16N2O4. The van der Waals surface area contributed by atoms with Crippen molar-refractivity contribution in [3.05, 3.63) is 36.0 Å². The van der Waals surface area contributed by atoms with Crippen LogP contribution in [0.25, 0.3) is 10.9 Å². The zero-order valence-corrected chi connectivity index (χ0v) is 11.1. The molecule has 1 aromatic carbocycles. The number of fused-ring (bicyclic) bond motifs is 1. The van der Waals surface area contributed by atoms with E-state index < -0.39 is 18.2 Å². The topological polar surface area (TPSA) is 94.5 Å². The minimum absolute atomic E-state index is 0.236. The Morgan fingerprint density at radius 2 is 2.10 bits per heavy atom. The molecule has 2 aromatic rings. The lowest BCUT2D eigenvalue weighted by molar-refractivity contribution is -0.140. The SMILES string of the molecule is CCn1cc(C[C@H](N)C(=O)OC(=O)O)c2ccccc21. The van der Waals surface area contributed by atoms with E-state index >= 15 is 0 Å². The number of nitrogens with zero attached hydrogens (tertiary/aromatic N) is 1. The number of rotatable bonds is 4. The first-order chi connectivity index (χ1) is 9.52. The van der Waals surface area contributed by atoms with Gasteiger partial charge in [0.1, 0.15) is 6.04 Å². The third-order valence-electron chi connectivity index (χ3n) is 3.14. The number of ether oxygens (including phenoxy) is 1. The van der Waals surface area contributed by atoms with Gasteiger partial charge in [0.15, 0.2) is 0 Å². The van der Waals surface area contributed by atoms with E-state index in [9.17, 15) is 9.59 Å². The molecule has 106 valence electrons. The zero-order valence-electron chi connectivity index (χ0n) is 11.1. The highest BCUT2D eigenvalue weighted by Gasteiger charge is 2.20. The van der Waals surface area contributed by atoms with E-state index in [4.69, 9.17) is 10.8 Å². The molecule has 0 saturated carbocycles. The van der Waals surface area contributed by atoms with Crippen molar-refractivity contribution in [1.29, 1.82) is 0 Å². The fourth-order valence-corrected chi connectivity index (χ4v) is 2.23. The molecular weight excluding hydrogens is 260 g/mol. The minimum Gasteiger partial charge on any atom is -0.449 e. The lowest BCUT2D eigenvalue weighted by Crippen LogP contribution is -2.35. The van der Waals surface area contributed by atoms with Crippen molar-refractivity contribution in [3.8, 4) is 0 Å². The quantitative estimate of drug-likeness (QED) is 0.655. The average molecular weight is 276 g/mol. The normalized spacial score (nSPS) is 12.3. The van der Waals surface area contributed by atoms with Gasteiger partial charge in [0.05, 0.1) is 0 Å². The molecule has 0 saturated heterocycles. The number of esters is 1. The number of para-hydroxylation sites is 1. The number of aromatic nitrogens is 1. The third kappa shape index (κ3) is 2.80. The molecule has 0 aliphatic heterocycles. The molecule has 0 unspecified atom stereocenters. The molecule has 3 N–H and O–H groups in total. The molecule has 1 heterocycles. The number of nitrogens with two attached hydrogens (primary N) is 1. The van der Waals surface area contributed by atoms with Crippen LogP contribution in [0.3, 0.4) is 0 Å². The molecule has 0 aliphatic rings. The summed E-state index contributed by atoms with van der Waals surface area (Å²) in [6, 6.07) is 6.79. The summed E-state index contributed by atoms with van der Waals surface area (Å²) in [7, 11) is 0. The van der Waals surface area contributed by atoms with Gasteiger partial charge in [0.25, 0.3) is 0 Å². The van der Waals surface area contributed by atoms with Gasteiger partial charge in [0, 0.05) is 30.1 Å². The summed E-state index contributed by atoms with van der Waals surface area (Å²) in [5, 5.41) is 9.42. The fourth-order valence-electron chi connectivity index (χ4n) is 2.23. The van der Waals surface area contributed by atoms with Crippen LogP contribution in [-0.4, -0.2) is 27.8 Å². The summed E-state index contributed by atoms with van der Waals surface area (Å²) >= 11 is 0. The van der Waals surface area contributed by atoms with Gasteiger partial charge >= 0.3 is 12.1 Å². The Morgan fingerprint density at radius 1 is 1.40 bits per heavy atom. The average Bonchev–Trinajstić information content (AvgIpc) is 2.76. The van der Waals surface area contributed by atoms with Crippen LogP contribution in [-0.2, 0) is 22.5 Å². The van der Waals surface area contributed by atoms with E-state index in [0.717, 1.165) is 23.0 Å². The van der Waals surface area contributed by atoms with Gasteiger partial charge in [-0.1, -0.05) is 18.2 Å². The maximum Gasteiger partial charge on any atom is 0.513 e. The summed E-state index contributed by atoms with van der Waals surface area (Å²) in [5.41, 5.74) is 7.65. The highest BCUT2D eigenvalue weighted by molar-refractivity contribution is 5.87. The van der Waals surface area contributed by atoms with Crippen molar-refractivity contribution in [2.75, 3.05) is 0 Å². The van der Waals surface area contributed by atoms with Gasteiger partial charge in [0.2, 0.25) is 0 Å². The van der Waals surface area contributed by atoms with Crippen LogP contribution >= 0.6 is 0 Å². The van der Waals surface area contributed by atoms with Crippen molar-refractivity contribution in [2.45, 2.75) is 25.9 Å². The van der Waals surface area contributed by atoms with Crippen molar-refractivity contribution in [2.24, 2.45) is 5.73 Å². The number of hydrogen-bond acceptors (Lipinski definition) is 4. The van der Waals surface area contributed by atoms with Crippen LogP contribution < -0.4 is 5.73 Å². The number of benzene rings is 1. The number of carbonyl (C=O) groups is 2. The Morgan fingerprint density at radius 3 is 2.75 bits per heavy atom. The summed E-state index contributed by atoms with van der Waals surface area (Å²) < 4.78 is 6.13. The third-order valence-corrected chi connectivity index (χ3v) is 3.14. The maximum atomic E-state index is 11.4. The first-order valence-corrected chi connectivity index (χ1v) is 6.30. The van der Waals surface area contributed by atoms with Crippen LogP contribution in [0.15, 0.2) is 30.5 Å². The van der Waals surface area contributed by atoms with Crippen LogP contribution in [0.4, 0.5) is 4.79 Å². The van der Waals surface area contributed by atoms with Gasteiger partial charge < -0.3 is 20.1 Å². The highest BCUT2D eigenvalue weighted by Crippen LogP contribution is 2.22. The Kier molecular flexibility index (Phi) is 4.05. The molecule has 1 aromatic heterocycles. The lowest BCUT2D eigenvalue weighted by Gasteiger charge is -2.07. The summed E-state index contributed by atoms with van der Waals surface area (Å²) in [4.78, 5) is 21.8. The monoisotopic (exact) mass is 276 g/mol. The van der Waals surface area contributed by atoms with Crippen LogP contribution in [0.5, 0.6) is 0 Å². The molecule has 6 heteroatoms. The molecule has 0 aliphatic carbocycles. The number of aryl methyl sites for hydroxylation is 1. The maximum absolute atomic E-state index is 11.4. The number of carbonyl (C=O) groups excluding carboxylic acids is 1. The predicted octanol–water partition coefficient (Wildman–Crippen LogP) is 1.75. The molecule has 0 spiro atoms. The van der Waals surface area contributed by atoms with E-state index in [0.29, 0.717) is 0 Å². The predicted molar refractivity (Wildman–Crippen MR) is 73.4 cm³/mol. The molecule has 0 bridgehead atoms. The van der Waals surface area contributed by atoms with Gasteiger partial charge in [-0.2, -0.15) is 0 Å². The molecule has 1 atom stereocenters. The van der Waals surface area contributed by atoms with Crippen molar-refractivity contribution >= 4 is 23.0 Å². The van der Waals surface area contributed by atoms with Crippen molar-refractivity contribution in [3.63, 3.8) is 0 Å². The van der Waals surface area contributed by atoms with E-state index in [2.05, 4.69) is 9.30 Å². The summed E-state index contributed by atoms with van der Waals surface area (Å²) in [6.07, 6.45) is 0.527. The van der Waals surface area contributed by atoms with E-state index in [1.165, 1.54) is 0 Å².